The molecule has 1 aromatic carbocycles. The SMILES string of the molecule is Cc1noc(CCNC(=O)Nc2nc(C)c(-c3ccc(S(C)(=O)=O)c(F)c3)s2)n1. The summed E-state index contributed by atoms with van der Waals surface area (Å²) in [5, 5.41) is 9.26. The van der Waals surface area contributed by atoms with E-state index in [1.54, 1.807) is 13.8 Å². The van der Waals surface area contributed by atoms with Gasteiger partial charge in [0.1, 0.15) is 10.7 Å². The van der Waals surface area contributed by atoms with E-state index in [2.05, 4.69) is 25.8 Å². The number of amides is 2. The highest BCUT2D eigenvalue weighted by Gasteiger charge is 2.17. The molecule has 2 amide bonds. The molecule has 0 atom stereocenters. The lowest BCUT2D eigenvalue weighted by Crippen LogP contribution is -2.30. The summed E-state index contributed by atoms with van der Waals surface area (Å²) in [6.45, 7) is 3.72. The van der Waals surface area contributed by atoms with Gasteiger partial charge in [-0.3, -0.25) is 5.32 Å². The van der Waals surface area contributed by atoms with Gasteiger partial charge < -0.3 is 9.84 Å². The van der Waals surface area contributed by atoms with Crippen molar-refractivity contribution in [3.8, 4) is 10.4 Å². The summed E-state index contributed by atoms with van der Waals surface area (Å²) in [5.74, 6) is 0.118. The van der Waals surface area contributed by atoms with Crippen molar-refractivity contribution in [2.75, 3.05) is 18.1 Å². The zero-order valence-corrected chi connectivity index (χ0v) is 17.4. The van der Waals surface area contributed by atoms with E-state index in [4.69, 9.17) is 4.52 Å². The first-order chi connectivity index (χ1) is 13.6. The zero-order valence-electron chi connectivity index (χ0n) is 15.8. The number of anilines is 1. The highest BCUT2D eigenvalue weighted by atomic mass is 32.2. The van der Waals surface area contributed by atoms with E-state index in [0.717, 1.165) is 23.7 Å². The number of hydrogen-bond acceptors (Lipinski definition) is 8. The van der Waals surface area contributed by atoms with Gasteiger partial charge in [-0.25, -0.2) is 22.6 Å². The average Bonchev–Trinajstić information content (AvgIpc) is 3.19. The first kappa shape index (κ1) is 20.9. The number of aryl methyl sites for hydroxylation is 2. The summed E-state index contributed by atoms with van der Waals surface area (Å²) in [7, 11) is -3.65. The topological polar surface area (TPSA) is 127 Å². The van der Waals surface area contributed by atoms with Crippen LogP contribution in [0.15, 0.2) is 27.6 Å². The van der Waals surface area contributed by atoms with Crippen LogP contribution in [0.3, 0.4) is 0 Å². The number of urea groups is 1. The Morgan fingerprint density at radius 1 is 1.28 bits per heavy atom. The number of halogens is 1. The molecule has 0 saturated heterocycles. The molecule has 0 radical (unpaired) electrons. The molecular formula is C17H18FN5O4S2. The van der Waals surface area contributed by atoms with Gasteiger partial charge in [-0.2, -0.15) is 4.98 Å². The van der Waals surface area contributed by atoms with Gasteiger partial charge in [0, 0.05) is 19.2 Å². The maximum Gasteiger partial charge on any atom is 0.321 e. The van der Waals surface area contributed by atoms with Crippen LogP contribution in [0.1, 0.15) is 17.4 Å². The minimum atomic E-state index is -3.65. The van der Waals surface area contributed by atoms with Crippen LogP contribution in [0, 0.1) is 19.7 Å². The molecule has 3 aromatic rings. The monoisotopic (exact) mass is 439 g/mol. The predicted molar refractivity (Wildman–Crippen MR) is 105 cm³/mol. The van der Waals surface area contributed by atoms with Gasteiger partial charge in [0.2, 0.25) is 5.89 Å². The Bertz CT molecular complexity index is 1160. The molecule has 3 rings (SSSR count). The number of thiazole rings is 1. The lowest BCUT2D eigenvalue weighted by Gasteiger charge is -2.04. The highest BCUT2D eigenvalue weighted by molar-refractivity contribution is 7.90. The third-order valence-electron chi connectivity index (χ3n) is 3.80. The number of sulfone groups is 1. The number of carbonyl (C=O) groups is 1. The third kappa shape index (κ3) is 5.15. The van der Waals surface area contributed by atoms with Crippen molar-refractivity contribution < 1.29 is 22.1 Å². The van der Waals surface area contributed by atoms with Crippen molar-refractivity contribution in [1.82, 2.24) is 20.4 Å². The maximum atomic E-state index is 14.2. The first-order valence-electron chi connectivity index (χ1n) is 8.45. The van der Waals surface area contributed by atoms with Gasteiger partial charge in [-0.15, -0.1) is 0 Å². The second kappa shape index (κ2) is 8.25. The third-order valence-corrected chi connectivity index (χ3v) is 6.06. The van der Waals surface area contributed by atoms with Crippen molar-refractivity contribution in [3.05, 3.63) is 41.4 Å². The molecule has 0 bridgehead atoms. The van der Waals surface area contributed by atoms with E-state index in [9.17, 15) is 17.6 Å². The van der Waals surface area contributed by atoms with Crippen LogP contribution in [0.25, 0.3) is 10.4 Å². The Labute approximate surface area is 170 Å². The van der Waals surface area contributed by atoms with Crippen LogP contribution < -0.4 is 10.6 Å². The van der Waals surface area contributed by atoms with Crippen molar-refractivity contribution in [3.63, 3.8) is 0 Å². The number of nitrogens with one attached hydrogen (secondary N) is 2. The Balaban J connectivity index is 1.65. The molecule has 0 aliphatic rings. The van der Waals surface area contributed by atoms with Crippen molar-refractivity contribution in [2.24, 2.45) is 0 Å². The summed E-state index contributed by atoms with van der Waals surface area (Å²) < 4.78 is 42.2. The molecule has 2 N–H and O–H groups in total. The minimum absolute atomic E-state index is 0.294. The molecule has 2 heterocycles. The van der Waals surface area contributed by atoms with E-state index in [1.807, 2.05) is 0 Å². The fourth-order valence-electron chi connectivity index (χ4n) is 2.53. The molecule has 2 aromatic heterocycles. The summed E-state index contributed by atoms with van der Waals surface area (Å²) in [6, 6.07) is 3.42. The number of aromatic nitrogens is 3. The Hall–Kier alpha value is -2.86. The fourth-order valence-corrected chi connectivity index (χ4v) is 4.21. The van der Waals surface area contributed by atoms with Gasteiger partial charge in [-0.05, 0) is 31.5 Å². The average molecular weight is 439 g/mol. The standard InChI is InChI=1S/C17H18FN5O4S2/c1-9-15(11-4-5-13(12(18)8-11)29(3,25)26)28-17(20-9)22-16(24)19-7-6-14-21-10(2)23-27-14/h4-5,8H,6-7H2,1-3H3,(H2,19,20,22,24). The minimum Gasteiger partial charge on any atom is -0.339 e. The lowest BCUT2D eigenvalue weighted by atomic mass is 10.1. The van der Waals surface area contributed by atoms with E-state index >= 15 is 0 Å². The smallest absolute Gasteiger partial charge is 0.321 e. The summed E-state index contributed by atoms with van der Waals surface area (Å²) in [5.41, 5.74) is 1.06. The number of carbonyl (C=O) groups excluding carboxylic acids is 1. The molecule has 0 saturated carbocycles. The van der Waals surface area contributed by atoms with Crippen LogP contribution in [-0.4, -0.2) is 42.4 Å². The zero-order chi connectivity index (χ0) is 21.2. The van der Waals surface area contributed by atoms with Crippen LogP contribution in [0.5, 0.6) is 0 Å². The van der Waals surface area contributed by atoms with E-state index in [-0.39, 0.29) is 4.90 Å². The molecule has 0 unspecified atom stereocenters. The van der Waals surface area contributed by atoms with Gasteiger partial charge >= 0.3 is 6.03 Å². The second-order valence-corrected chi connectivity index (χ2v) is 9.20. The van der Waals surface area contributed by atoms with E-state index in [1.165, 1.54) is 12.1 Å². The summed E-state index contributed by atoms with van der Waals surface area (Å²) in [6.07, 6.45) is 1.34. The molecule has 12 heteroatoms. The van der Waals surface area contributed by atoms with Crippen molar-refractivity contribution in [1.29, 1.82) is 0 Å². The fraction of sp³-hybridized carbons (Fsp3) is 0.294. The Kier molecular flexibility index (Phi) is 5.94. The van der Waals surface area contributed by atoms with Gasteiger partial charge in [0.25, 0.3) is 0 Å². The largest absolute Gasteiger partial charge is 0.339 e. The van der Waals surface area contributed by atoms with E-state index < -0.39 is 21.7 Å². The summed E-state index contributed by atoms with van der Waals surface area (Å²) >= 11 is 1.16. The molecule has 29 heavy (non-hydrogen) atoms. The van der Waals surface area contributed by atoms with Crippen LogP contribution >= 0.6 is 11.3 Å². The van der Waals surface area contributed by atoms with Crippen LogP contribution in [-0.2, 0) is 16.3 Å². The highest BCUT2D eigenvalue weighted by Crippen LogP contribution is 2.34. The lowest BCUT2D eigenvalue weighted by molar-refractivity contribution is 0.252. The van der Waals surface area contributed by atoms with Gasteiger partial charge in [-0.1, -0.05) is 22.6 Å². The molecule has 0 spiro atoms. The molecular weight excluding hydrogens is 421 g/mol. The quantitative estimate of drug-likeness (QED) is 0.604. The second-order valence-electron chi connectivity index (χ2n) is 6.22. The van der Waals surface area contributed by atoms with Crippen LogP contribution in [0.2, 0.25) is 0 Å². The number of nitrogens with zero attached hydrogens (tertiary/aromatic N) is 3. The van der Waals surface area contributed by atoms with Crippen molar-refractivity contribution in [2.45, 2.75) is 25.2 Å². The maximum absolute atomic E-state index is 14.2. The number of rotatable bonds is 6. The molecule has 0 fully saturated rings. The Morgan fingerprint density at radius 3 is 2.66 bits per heavy atom. The Morgan fingerprint density at radius 2 is 2.03 bits per heavy atom. The predicted octanol–water partition coefficient (Wildman–Crippen LogP) is 2.72. The number of hydrogen-bond donors (Lipinski definition) is 2. The molecule has 9 nitrogen and oxygen atoms in total. The molecule has 0 aliphatic carbocycles. The van der Waals surface area contributed by atoms with Gasteiger partial charge in [0.05, 0.1) is 10.6 Å². The van der Waals surface area contributed by atoms with E-state index in [0.29, 0.717) is 45.9 Å². The van der Waals surface area contributed by atoms with Gasteiger partial charge in [0.15, 0.2) is 20.8 Å². The van der Waals surface area contributed by atoms with Crippen LogP contribution in [0.4, 0.5) is 14.3 Å². The number of benzene rings is 1. The normalized spacial score (nSPS) is 11.4. The summed E-state index contributed by atoms with van der Waals surface area (Å²) in [4.78, 5) is 20.6. The molecule has 0 aliphatic heterocycles. The van der Waals surface area contributed by atoms with Crippen molar-refractivity contribution >= 4 is 32.3 Å². The first-order valence-corrected chi connectivity index (χ1v) is 11.2. The molecule has 154 valence electrons.